The van der Waals surface area contributed by atoms with Crippen LogP contribution in [-0.2, 0) is 18.2 Å². The minimum absolute atomic E-state index is 0.874. The zero-order valence-electron chi connectivity index (χ0n) is 17.8. The molecule has 0 N–H and O–H groups in total. The second-order valence-corrected chi connectivity index (χ2v) is 10.8. The molecule has 6 aromatic rings. The molecule has 4 heteroatoms. The molecule has 0 bridgehead atoms. The molecule has 0 radical (unpaired) electrons. The molecule has 158 valence electrons. The third kappa shape index (κ3) is 4.11. The maximum absolute atomic E-state index is 6.70. The Morgan fingerprint density at radius 2 is 1.06 bits per heavy atom. The molecule has 6 rings (SSSR count). The van der Waals surface area contributed by atoms with Crippen molar-refractivity contribution in [2.75, 3.05) is 0 Å². The first-order chi connectivity index (χ1) is 16.3. The molecule has 0 atom stereocenters. The summed E-state index contributed by atoms with van der Waals surface area (Å²) >= 11 is -0.907. The summed E-state index contributed by atoms with van der Waals surface area (Å²) in [4.78, 5) is 0. The van der Waals surface area contributed by atoms with Crippen LogP contribution in [0.4, 0.5) is 0 Å². The van der Waals surface area contributed by atoms with Crippen LogP contribution in [-0.4, -0.2) is 4.31 Å². The minimum atomic E-state index is -2.67. The Balaban J connectivity index is 1.48. The summed E-state index contributed by atoms with van der Waals surface area (Å²) < 4.78 is 16.9. The van der Waals surface area contributed by atoms with Gasteiger partial charge in [-0.25, -0.2) is 0 Å². The Morgan fingerprint density at radius 1 is 0.545 bits per heavy atom. The summed E-state index contributed by atoms with van der Waals surface area (Å²) in [6.07, 6.45) is 0. The summed E-state index contributed by atoms with van der Waals surface area (Å²) in [7, 11) is 0. The van der Waals surface area contributed by atoms with Gasteiger partial charge in [-0.15, -0.1) is 0 Å². The monoisotopic (exact) mass is 480 g/mol. The fraction of sp³-hybridized carbons (Fsp3) is 0. The van der Waals surface area contributed by atoms with Crippen LogP contribution in [0.5, 0.6) is 11.5 Å². The first-order valence-corrected chi connectivity index (χ1v) is 13.9. The van der Waals surface area contributed by atoms with Gasteiger partial charge in [0, 0.05) is 0 Å². The molecule has 1 aromatic heterocycles. The van der Waals surface area contributed by atoms with Crippen LogP contribution in [0.2, 0.25) is 0 Å². The fourth-order valence-electron chi connectivity index (χ4n) is 4.10. The molecule has 0 saturated carbocycles. The van der Waals surface area contributed by atoms with E-state index in [0.717, 1.165) is 22.3 Å². The van der Waals surface area contributed by atoms with E-state index in [4.69, 9.17) is 6.64 Å². The third-order valence-corrected chi connectivity index (χ3v) is 8.86. The summed E-state index contributed by atoms with van der Waals surface area (Å²) in [6.45, 7) is 0. The van der Waals surface area contributed by atoms with E-state index >= 15 is 0 Å². The molecule has 2 nitrogen and oxygen atoms in total. The Kier molecular flexibility index (Phi) is 5.53. The number of benzene rings is 5. The van der Waals surface area contributed by atoms with E-state index in [2.05, 4.69) is 94.6 Å². The average molecular weight is 480 g/mol. The van der Waals surface area contributed by atoms with Crippen molar-refractivity contribution in [3.8, 4) is 11.5 Å². The maximum atomic E-state index is 6.70. The van der Waals surface area contributed by atoms with E-state index in [1.807, 2.05) is 24.3 Å². The van der Waals surface area contributed by atoms with Gasteiger partial charge in [0.15, 0.2) is 0 Å². The molecule has 0 fully saturated rings. The van der Waals surface area contributed by atoms with Gasteiger partial charge >= 0.3 is 204 Å². The average Bonchev–Trinajstić information content (AvgIpc) is 3.27. The topological polar surface area (TPSA) is 18.5 Å². The predicted octanol–water partition coefficient (Wildman–Crippen LogP) is 7.96. The van der Waals surface area contributed by atoms with E-state index in [1.54, 1.807) is 11.3 Å². The summed E-state index contributed by atoms with van der Waals surface area (Å²) in [5.41, 5.74) is 1.19. The van der Waals surface area contributed by atoms with Crippen molar-refractivity contribution in [2.24, 2.45) is 0 Å². The van der Waals surface area contributed by atoms with E-state index < -0.39 is 18.2 Å². The van der Waals surface area contributed by atoms with Crippen molar-refractivity contribution in [1.82, 2.24) is 0 Å². The summed E-state index contributed by atoms with van der Waals surface area (Å²) in [5.74, 6) is 1.75. The van der Waals surface area contributed by atoms with E-state index in [0.29, 0.717) is 0 Å². The Morgan fingerprint density at radius 3 is 1.70 bits per heavy atom. The van der Waals surface area contributed by atoms with Crippen LogP contribution in [0.25, 0.3) is 31.6 Å². The fourth-order valence-corrected chi connectivity index (χ4v) is 7.46. The molecular weight excluding hydrogens is 460 g/mol. The molecule has 0 aliphatic rings. The van der Waals surface area contributed by atoms with Crippen molar-refractivity contribution < 1.29 is 24.8 Å². The van der Waals surface area contributed by atoms with Gasteiger partial charge in [-0.2, -0.15) is 0 Å². The number of thiophene rings is 1. The molecule has 0 amide bonds. The Hall–Kier alpha value is -3.24. The zero-order chi connectivity index (χ0) is 22.0. The molecule has 5 aromatic carbocycles. The molecule has 0 spiro atoms. The molecule has 0 unspecified atom stereocenters. The van der Waals surface area contributed by atoms with Crippen molar-refractivity contribution in [3.63, 3.8) is 0 Å². The van der Waals surface area contributed by atoms with Crippen LogP contribution in [0.1, 0.15) is 5.56 Å². The van der Waals surface area contributed by atoms with Crippen molar-refractivity contribution >= 4 is 47.3 Å². The Bertz CT molecular complexity index is 1540. The first kappa shape index (κ1) is 20.4. The van der Waals surface area contributed by atoms with Gasteiger partial charge in [0.2, 0.25) is 0 Å². The first-order valence-electron chi connectivity index (χ1n) is 10.8. The molecule has 33 heavy (non-hydrogen) atoms. The molecule has 1 heterocycles. The molecule has 0 aliphatic carbocycles. The number of hydrogen-bond donors (Lipinski definition) is 0. The normalized spacial score (nSPS) is 11.0. The Labute approximate surface area is 202 Å². The van der Waals surface area contributed by atoms with Crippen molar-refractivity contribution in [1.29, 1.82) is 0 Å². The molecular formula is C29H20O2STi. The van der Waals surface area contributed by atoms with Crippen LogP contribution in [0.15, 0.2) is 115 Å². The van der Waals surface area contributed by atoms with Gasteiger partial charge in [-0.1, -0.05) is 0 Å². The van der Waals surface area contributed by atoms with Crippen LogP contribution in [0.3, 0.4) is 0 Å². The predicted molar refractivity (Wildman–Crippen MR) is 136 cm³/mol. The van der Waals surface area contributed by atoms with Gasteiger partial charge in [-0.05, 0) is 0 Å². The van der Waals surface area contributed by atoms with E-state index in [9.17, 15) is 0 Å². The second-order valence-electron chi connectivity index (χ2n) is 7.81. The van der Waals surface area contributed by atoms with Gasteiger partial charge < -0.3 is 0 Å². The van der Waals surface area contributed by atoms with E-state index in [-0.39, 0.29) is 0 Å². The van der Waals surface area contributed by atoms with Crippen LogP contribution in [0, 0.1) is 0 Å². The van der Waals surface area contributed by atoms with Gasteiger partial charge in [-0.3, -0.25) is 0 Å². The van der Waals surface area contributed by atoms with E-state index in [1.165, 1.54) is 26.4 Å². The molecule has 0 aliphatic heterocycles. The van der Waals surface area contributed by atoms with Crippen molar-refractivity contribution in [2.45, 2.75) is 0 Å². The SMILES string of the molecule is [CH](c1csc2ccccc12)=[Ti]([O]c1cccc2ccccc12)[O]c1cccc2ccccc12. The van der Waals surface area contributed by atoms with Gasteiger partial charge in [0.25, 0.3) is 0 Å². The van der Waals surface area contributed by atoms with Crippen molar-refractivity contribution in [3.05, 3.63) is 120 Å². The number of rotatable bonds is 5. The standard InChI is InChI=1S/2C10H8O.C9H6S.Ti/c2*11-10-7-3-5-8-4-1-2-6-9(8)10;1-7-6-10-9-5-3-2-4-8(7)9;/h2*1-7,11H;1-6H;/q;;;+2/p-2. The van der Waals surface area contributed by atoms with Gasteiger partial charge in [0.05, 0.1) is 0 Å². The van der Waals surface area contributed by atoms with Crippen LogP contribution < -0.4 is 6.64 Å². The number of fused-ring (bicyclic) bond motifs is 3. The summed E-state index contributed by atoms with van der Waals surface area (Å²) in [5, 5.41) is 7.99. The molecule has 0 saturated heterocycles. The zero-order valence-corrected chi connectivity index (χ0v) is 20.1. The van der Waals surface area contributed by atoms with Crippen LogP contribution >= 0.6 is 11.3 Å². The quantitative estimate of drug-likeness (QED) is 0.233. The summed E-state index contributed by atoms with van der Waals surface area (Å²) in [6, 6.07) is 37.6. The number of hydrogen-bond acceptors (Lipinski definition) is 3. The third-order valence-electron chi connectivity index (χ3n) is 5.70. The second kappa shape index (κ2) is 8.95. The van der Waals surface area contributed by atoms with Gasteiger partial charge in [0.1, 0.15) is 0 Å².